The van der Waals surface area contributed by atoms with E-state index in [2.05, 4.69) is 35.1 Å². The minimum absolute atomic E-state index is 0.0679. The predicted molar refractivity (Wildman–Crippen MR) is 106 cm³/mol. The normalized spacial score (nSPS) is 11.2. The molecule has 0 heterocycles. The van der Waals surface area contributed by atoms with Crippen molar-refractivity contribution in [3.63, 3.8) is 0 Å². The first-order valence-corrected chi connectivity index (χ1v) is 9.35. The van der Waals surface area contributed by atoms with Crippen LogP contribution in [0.2, 0.25) is 0 Å². The summed E-state index contributed by atoms with van der Waals surface area (Å²) in [4.78, 5) is 14.0. The highest BCUT2D eigenvalue weighted by Crippen LogP contribution is 2.18. The summed E-state index contributed by atoms with van der Waals surface area (Å²) >= 11 is 3.32. The van der Waals surface area contributed by atoms with Gasteiger partial charge in [-0.25, -0.2) is 4.39 Å². The molecule has 2 aromatic rings. The number of aliphatic hydroxyl groups is 1. The van der Waals surface area contributed by atoms with Gasteiger partial charge in [-0.15, -0.1) is 0 Å². The molecule has 2 rings (SSSR count). The smallest absolute Gasteiger partial charge is 0.238 e. The number of nitrogens with zero attached hydrogens (tertiary/aromatic N) is 1. The Kier molecular flexibility index (Phi) is 7.75. The number of rotatable bonds is 8. The molecule has 0 spiro atoms. The van der Waals surface area contributed by atoms with Crippen LogP contribution in [-0.4, -0.2) is 35.6 Å². The van der Waals surface area contributed by atoms with E-state index >= 15 is 0 Å². The second-order valence-corrected chi connectivity index (χ2v) is 7.41. The molecule has 0 aliphatic carbocycles. The standard InChI is InChI=1S/C20H24BrFN2O2/c1-14(2)15-3-6-18(7-4-15)23-20(26)13-24(9-10-25)12-16-11-17(21)5-8-19(16)22/h3-8,11,14,25H,9-10,12-13H2,1-2H3,(H,23,26). The van der Waals surface area contributed by atoms with Gasteiger partial charge in [0.15, 0.2) is 0 Å². The quantitative estimate of drug-likeness (QED) is 0.671. The van der Waals surface area contributed by atoms with E-state index in [1.54, 1.807) is 17.0 Å². The van der Waals surface area contributed by atoms with Crippen molar-refractivity contribution in [3.8, 4) is 0 Å². The Morgan fingerprint density at radius 1 is 1.23 bits per heavy atom. The van der Waals surface area contributed by atoms with E-state index in [0.717, 1.165) is 10.2 Å². The van der Waals surface area contributed by atoms with E-state index in [1.165, 1.54) is 11.6 Å². The van der Waals surface area contributed by atoms with Gasteiger partial charge in [-0.2, -0.15) is 0 Å². The van der Waals surface area contributed by atoms with Gasteiger partial charge in [-0.3, -0.25) is 9.69 Å². The monoisotopic (exact) mass is 422 g/mol. The van der Waals surface area contributed by atoms with Gasteiger partial charge in [0.2, 0.25) is 5.91 Å². The van der Waals surface area contributed by atoms with Gasteiger partial charge < -0.3 is 10.4 Å². The molecule has 0 atom stereocenters. The molecule has 0 saturated heterocycles. The Morgan fingerprint density at radius 3 is 2.54 bits per heavy atom. The molecule has 6 heteroatoms. The molecule has 0 fully saturated rings. The predicted octanol–water partition coefficient (Wildman–Crippen LogP) is 4.14. The Labute approximate surface area is 162 Å². The van der Waals surface area contributed by atoms with Crippen LogP contribution >= 0.6 is 15.9 Å². The van der Waals surface area contributed by atoms with Gasteiger partial charge in [0.25, 0.3) is 0 Å². The molecule has 0 saturated carbocycles. The van der Waals surface area contributed by atoms with Crippen LogP contribution in [0.25, 0.3) is 0 Å². The summed E-state index contributed by atoms with van der Waals surface area (Å²) in [7, 11) is 0. The first-order valence-electron chi connectivity index (χ1n) is 8.56. The Morgan fingerprint density at radius 2 is 1.92 bits per heavy atom. The van der Waals surface area contributed by atoms with Crippen molar-refractivity contribution < 1.29 is 14.3 Å². The summed E-state index contributed by atoms with van der Waals surface area (Å²) < 4.78 is 14.7. The molecule has 26 heavy (non-hydrogen) atoms. The van der Waals surface area contributed by atoms with Gasteiger partial charge in [0.05, 0.1) is 13.2 Å². The van der Waals surface area contributed by atoms with Crippen LogP contribution in [0.3, 0.4) is 0 Å². The SMILES string of the molecule is CC(C)c1ccc(NC(=O)CN(CCO)Cc2cc(Br)ccc2F)cc1. The van der Waals surface area contributed by atoms with Crippen molar-refractivity contribution in [3.05, 3.63) is 63.9 Å². The van der Waals surface area contributed by atoms with Crippen LogP contribution in [0.1, 0.15) is 30.9 Å². The molecule has 4 nitrogen and oxygen atoms in total. The second kappa shape index (κ2) is 9.80. The number of halogens is 2. The molecule has 0 aliphatic rings. The third kappa shape index (κ3) is 6.20. The number of aliphatic hydroxyl groups excluding tert-OH is 1. The zero-order valence-corrected chi connectivity index (χ0v) is 16.6. The maximum absolute atomic E-state index is 13.9. The summed E-state index contributed by atoms with van der Waals surface area (Å²) in [5, 5.41) is 12.1. The van der Waals surface area contributed by atoms with E-state index in [4.69, 9.17) is 0 Å². The van der Waals surface area contributed by atoms with E-state index in [0.29, 0.717) is 11.5 Å². The van der Waals surface area contributed by atoms with Crippen LogP contribution in [0.15, 0.2) is 46.9 Å². The van der Waals surface area contributed by atoms with Gasteiger partial charge in [-0.1, -0.05) is 41.9 Å². The second-order valence-electron chi connectivity index (χ2n) is 6.49. The summed E-state index contributed by atoms with van der Waals surface area (Å²) in [6.45, 7) is 4.71. The average Bonchev–Trinajstić information content (AvgIpc) is 2.58. The molecular formula is C20H24BrFN2O2. The van der Waals surface area contributed by atoms with Crippen molar-refractivity contribution >= 4 is 27.5 Å². The van der Waals surface area contributed by atoms with Crippen molar-refractivity contribution in [2.45, 2.75) is 26.3 Å². The lowest BCUT2D eigenvalue weighted by Crippen LogP contribution is -2.35. The Hall–Kier alpha value is -1.76. The van der Waals surface area contributed by atoms with Crippen LogP contribution < -0.4 is 5.32 Å². The lowest BCUT2D eigenvalue weighted by molar-refractivity contribution is -0.117. The summed E-state index contributed by atoms with van der Waals surface area (Å²) in [6, 6.07) is 12.4. The molecule has 0 unspecified atom stereocenters. The highest BCUT2D eigenvalue weighted by atomic mass is 79.9. The largest absolute Gasteiger partial charge is 0.395 e. The molecule has 0 aliphatic heterocycles. The highest BCUT2D eigenvalue weighted by molar-refractivity contribution is 9.10. The highest BCUT2D eigenvalue weighted by Gasteiger charge is 2.14. The minimum atomic E-state index is -0.333. The molecule has 140 valence electrons. The van der Waals surface area contributed by atoms with Crippen LogP contribution in [0, 0.1) is 5.82 Å². The number of nitrogens with one attached hydrogen (secondary N) is 1. The van der Waals surface area contributed by atoms with E-state index in [-0.39, 0.29) is 38.0 Å². The first kappa shape index (κ1) is 20.6. The van der Waals surface area contributed by atoms with E-state index < -0.39 is 0 Å². The summed E-state index contributed by atoms with van der Waals surface area (Å²) in [5.41, 5.74) is 2.40. The van der Waals surface area contributed by atoms with Crippen molar-refractivity contribution in [1.29, 1.82) is 0 Å². The maximum atomic E-state index is 13.9. The van der Waals surface area contributed by atoms with Crippen molar-refractivity contribution in [1.82, 2.24) is 4.90 Å². The number of benzene rings is 2. The van der Waals surface area contributed by atoms with Gasteiger partial charge >= 0.3 is 0 Å². The van der Waals surface area contributed by atoms with E-state index in [1.807, 2.05) is 24.3 Å². The number of carbonyl (C=O) groups excluding carboxylic acids is 1. The Bertz CT molecular complexity index is 735. The van der Waals surface area contributed by atoms with Gasteiger partial charge in [0, 0.05) is 28.8 Å². The van der Waals surface area contributed by atoms with Gasteiger partial charge in [-0.05, 0) is 41.8 Å². The minimum Gasteiger partial charge on any atom is -0.395 e. The van der Waals surface area contributed by atoms with E-state index in [9.17, 15) is 14.3 Å². The number of anilines is 1. The zero-order chi connectivity index (χ0) is 19.1. The lowest BCUT2D eigenvalue weighted by Gasteiger charge is -2.21. The number of amides is 1. The number of hydrogen-bond donors (Lipinski definition) is 2. The lowest BCUT2D eigenvalue weighted by atomic mass is 10.0. The third-order valence-electron chi connectivity index (χ3n) is 4.05. The number of carbonyl (C=O) groups is 1. The molecule has 1 amide bonds. The fourth-order valence-corrected chi connectivity index (χ4v) is 3.02. The third-order valence-corrected chi connectivity index (χ3v) is 4.54. The zero-order valence-electron chi connectivity index (χ0n) is 15.0. The fraction of sp³-hybridized carbons (Fsp3) is 0.350. The van der Waals surface area contributed by atoms with Crippen LogP contribution in [0.4, 0.5) is 10.1 Å². The first-order chi connectivity index (χ1) is 12.4. The topological polar surface area (TPSA) is 52.6 Å². The maximum Gasteiger partial charge on any atom is 0.238 e. The van der Waals surface area contributed by atoms with Crippen LogP contribution in [-0.2, 0) is 11.3 Å². The molecule has 0 bridgehead atoms. The summed E-state index contributed by atoms with van der Waals surface area (Å²) in [6.07, 6.45) is 0. The average molecular weight is 423 g/mol. The van der Waals surface area contributed by atoms with Gasteiger partial charge in [0.1, 0.15) is 5.82 Å². The molecule has 2 aromatic carbocycles. The molecule has 0 radical (unpaired) electrons. The fourth-order valence-electron chi connectivity index (χ4n) is 2.62. The summed E-state index contributed by atoms with van der Waals surface area (Å²) in [5.74, 6) is -0.105. The number of hydrogen-bond acceptors (Lipinski definition) is 3. The van der Waals surface area contributed by atoms with Crippen molar-refractivity contribution in [2.75, 3.05) is 25.0 Å². The molecular weight excluding hydrogens is 399 g/mol. The Balaban J connectivity index is 1.99. The molecule has 2 N–H and O–H groups in total. The molecule has 0 aromatic heterocycles. The van der Waals surface area contributed by atoms with Crippen molar-refractivity contribution in [2.24, 2.45) is 0 Å². The van der Waals surface area contributed by atoms with Crippen LogP contribution in [0.5, 0.6) is 0 Å².